The van der Waals surface area contributed by atoms with Gasteiger partial charge in [0.05, 0.1) is 5.75 Å². The van der Waals surface area contributed by atoms with Crippen molar-refractivity contribution in [3.05, 3.63) is 35.1 Å². The molecule has 0 aromatic heterocycles. The minimum atomic E-state index is -3.04. The molecule has 1 aliphatic heterocycles. The SMILES string of the molecule is CS(=O)(=O)CCN1Cc2ccc(F)cc2C1=N. The maximum absolute atomic E-state index is 13.0. The van der Waals surface area contributed by atoms with Crippen LogP contribution in [0.1, 0.15) is 11.1 Å². The molecule has 2 rings (SSSR count). The average Bonchev–Trinajstić information content (AvgIpc) is 2.52. The number of hydrogen-bond donors (Lipinski definition) is 1. The molecule has 0 saturated carbocycles. The zero-order valence-corrected chi connectivity index (χ0v) is 10.2. The van der Waals surface area contributed by atoms with E-state index in [9.17, 15) is 12.8 Å². The monoisotopic (exact) mass is 256 g/mol. The highest BCUT2D eigenvalue weighted by Crippen LogP contribution is 2.23. The summed E-state index contributed by atoms with van der Waals surface area (Å²) >= 11 is 0. The number of sulfone groups is 1. The maximum atomic E-state index is 13.0. The molecule has 6 heteroatoms. The Labute approximate surface area is 99.5 Å². The number of halogens is 1. The van der Waals surface area contributed by atoms with Gasteiger partial charge in [-0.1, -0.05) is 6.07 Å². The van der Waals surface area contributed by atoms with Gasteiger partial charge in [-0.15, -0.1) is 0 Å². The number of nitrogens with one attached hydrogen (secondary N) is 1. The van der Waals surface area contributed by atoms with Crippen LogP contribution in [0.5, 0.6) is 0 Å². The third-order valence-corrected chi connectivity index (χ3v) is 3.66. The lowest BCUT2D eigenvalue weighted by Gasteiger charge is -2.16. The number of amidine groups is 1. The molecule has 0 bridgehead atoms. The van der Waals surface area contributed by atoms with E-state index in [1.165, 1.54) is 18.4 Å². The lowest BCUT2D eigenvalue weighted by atomic mass is 10.1. The third-order valence-electron chi connectivity index (χ3n) is 2.74. The molecule has 0 atom stereocenters. The van der Waals surface area contributed by atoms with E-state index >= 15 is 0 Å². The van der Waals surface area contributed by atoms with Gasteiger partial charge < -0.3 is 4.90 Å². The van der Waals surface area contributed by atoms with E-state index in [0.717, 1.165) is 5.56 Å². The normalized spacial score (nSPS) is 15.2. The predicted octanol–water partition coefficient (Wildman–Crippen LogP) is 1.01. The van der Waals surface area contributed by atoms with Gasteiger partial charge in [0.1, 0.15) is 21.5 Å². The van der Waals surface area contributed by atoms with Crippen LogP contribution in [0.4, 0.5) is 4.39 Å². The first-order valence-electron chi connectivity index (χ1n) is 5.17. The Bertz CT molecular complexity index is 569. The Hall–Kier alpha value is -1.43. The highest BCUT2D eigenvalue weighted by atomic mass is 32.2. The van der Waals surface area contributed by atoms with Crippen LogP contribution >= 0.6 is 0 Å². The molecule has 17 heavy (non-hydrogen) atoms. The molecule has 0 saturated heterocycles. The number of benzene rings is 1. The molecular formula is C11H13FN2O2S. The van der Waals surface area contributed by atoms with Crippen molar-refractivity contribution in [3.8, 4) is 0 Å². The molecular weight excluding hydrogens is 243 g/mol. The summed E-state index contributed by atoms with van der Waals surface area (Å²) in [4.78, 5) is 1.64. The molecule has 0 radical (unpaired) electrons. The predicted molar refractivity (Wildman–Crippen MR) is 63.3 cm³/mol. The van der Waals surface area contributed by atoms with E-state index in [0.29, 0.717) is 12.1 Å². The van der Waals surface area contributed by atoms with Crippen LogP contribution in [-0.2, 0) is 16.4 Å². The van der Waals surface area contributed by atoms with E-state index in [1.54, 1.807) is 11.0 Å². The number of rotatable bonds is 3. The van der Waals surface area contributed by atoms with Crippen LogP contribution in [0.3, 0.4) is 0 Å². The standard InChI is InChI=1S/C11H13FN2O2S/c1-17(15,16)5-4-14-7-8-2-3-9(12)6-10(8)11(14)13/h2-3,6,13H,4-5,7H2,1H3. The van der Waals surface area contributed by atoms with Gasteiger partial charge in [0.25, 0.3) is 0 Å². The van der Waals surface area contributed by atoms with E-state index in [-0.39, 0.29) is 24.0 Å². The van der Waals surface area contributed by atoms with Gasteiger partial charge in [-0.2, -0.15) is 0 Å². The highest BCUT2D eigenvalue weighted by molar-refractivity contribution is 7.90. The molecule has 0 unspecified atom stereocenters. The molecule has 1 aliphatic rings. The van der Waals surface area contributed by atoms with Gasteiger partial charge in [-0.3, -0.25) is 5.41 Å². The minimum Gasteiger partial charge on any atom is -0.351 e. The molecule has 4 nitrogen and oxygen atoms in total. The summed E-state index contributed by atoms with van der Waals surface area (Å²) < 4.78 is 35.2. The molecule has 0 amide bonds. The minimum absolute atomic E-state index is 0.00580. The topological polar surface area (TPSA) is 61.2 Å². The summed E-state index contributed by atoms with van der Waals surface area (Å²) in [5.74, 6) is -0.173. The number of fused-ring (bicyclic) bond motifs is 1. The molecule has 0 spiro atoms. The number of nitrogens with zero attached hydrogens (tertiary/aromatic N) is 1. The second-order valence-electron chi connectivity index (χ2n) is 4.20. The summed E-state index contributed by atoms with van der Waals surface area (Å²) in [6.45, 7) is 0.748. The lowest BCUT2D eigenvalue weighted by molar-refractivity contribution is 0.451. The van der Waals surface area contributed by atoms with E-state index in [1.807, 2.05) is 0 Å². The first kappa shape index (κ1) is 12.0. The first-order chi connectivity index (χ1) is 7.87. The third kappa shape index (κ3) is 2.63. The van der Waals surface area contributed by atoms with Crippen LogP contribution in [0.15, 0.2) is 18.2 Å². The summed E-state index contributed by atoms with van der Waals surface area (Å²) in [5, 5.41) is 7.86. The Morgan fingerprint density at radius 1 is 1.47 bits per heavy atom. The molecule has 0 aliphatic carbocycles. The molecule has 92 valence electrons. The molecule has 1 N–H and O–H groups in total. The zero-order chi connectivity index (χ0) is 12.6. The second-order valence-corrected chi connectivity index (χ2v) is 6.46. The summed E-state index contributed by atoms with van der Waals surface area (Å²) in [7, 11) is -3.04. The van der Waals surface area contributed by atoms with Crippen molar-refractivity contribution >= 4 is 15.7 Å². The van der Waals surface area contributed by atoms with Crippen molar-refractivity contribution in [1.29, 1.82) is 5.41 Å². The first-order valence-corrected chi connectivity index (χ1v) is 7.23. The molecule has 1 aromatic carbocycles. The molecule has 0 fully saturated rings. The van der Waals surface area contributed by atoms with E-state index < -0.39 is 9.84 Å². The Balaban J connectivity index is 2.15. The Morgan fingerprint density at radius 2 is 2.18 bits per heavy atom. The largest absolute Gasteiger partial charge is 0.351 e. The quantitative estimate of drug-likeness (QED) is 0.878. The summed E-state index contributed by atoms with van der Waals surface area (Å²) in [5.41, 5.74) is 1.42. The van der Waals surface area contributed by atoms with E-state index in [2.05, 4.69) is 0 Å². The van der Waals surface area contributed by atoms with Gasteiger partial charge in [0.2, 0.25) is 0 Å². The fraction of sp³-hybridized carbons (Fsp3) is 0.364. The maximum Gasteiger partial charge on any atom is 0.149 e. The lowest BCUT2D eigenvalue weighted by Crippen LogP contribution is -2.29. The Kier molecular flexibility index (Phi) is 2.91. The van der Waals surface area contributed by atoms with Crippen molar-refractivity contribution in [1.82, 2.24) is 4.90 Å². The van der Waals surface area contributed by atoms with Crippen LogP contribution in [-0.4, -0.2) is 37.7 Å². The van der Waals surface area contributed by atoms with Crippen LogP contribution in [0.2, 0.25) is 0 Å². The van der Waals surface area contributed by atoms with Crippen molar-refractivity contribution in [2.45, 2.75) is 6.54 Å². The van der Waals surface area contributed by atoms with Gasteiger partial charge in [0.15, 0.2) is 0 Å². The van der Waals surface area contributed by atoms with Crippen molar-refractivity contribution in [2.75, 3.05) is 18.6 Å². The highest BCUT2D eigenvalue weighted by Gasteiger charge is 2.24. The molecule has 1 heterocycles. The fourth-order valence-corrected chi connectivity index (χ4v) is 2.38. The van der Waals surface area contributed by atoms with Crippen molar-refractivity contribution < 1.29 is 12.8 Å². The summed E-state index contributed by atoms with van der Waals surface area (Å²) in [6.07, 6.45) is 1.17. The van der Waals surface area contributed by atoms with Crippen molar-refractivity contribution in [2.24, 2.45) is 0 Å². The van der Waals surface area contributed by atoms with Crippen molar-refractivity contribution in [3.63, 3.8) is 0 Å². The van der Waals surface area contributed by atoms with Crippen LogP contribution < -0.4 is 0 Å². The Morgan fingerprint density at radius 3 is 2.82 bits per heavy atom. The smallest absolute Gasteiger partial charge is 0.149 e. The summed E-state index contributed by atoms with van der Waals surface area (Å²) in [6, 6.07) is 4.31. The van der Waals surface area contributed by atoms with Gasteiger partial charge >= 0.3 is 0 Å². The van der Waals surface area contributed by atoms with Crippen LogP contribution in [0, 0.1) is 11.2 Å². The molecule has 1 aromatic rings. The van der Waals surface area contributed by atoms with Gasteiger partial charge in [0, 0.05) is 24.9 Å². The zero-order valence-electron chi connectivity index (χ0n) is 9.40. The van der Waals surface area contributed by atoms with Crippen LogP contribution in [0.25, 0.3) is 0 Å². The average molecular weight is 256 g/mol. The van der Waals surface area contributed by atoms with Gasteiger partial charge in [-0.05, 0) is 17.7 Å². The fourth-order valence-electron chi connectivity index (χ4n) is 1.83. The van der Waals surface area contributed by atoms with Gasteiger partial charge in [-0.25, -0.2) is 12.8 Å². The van der Waals surface area contributed by atoms with E-state index in [4.69, 9.17) is 5.41 Å². The number of hydrogen-bond acceptors (Lipinski definition) is 3. The second kappa shape index (κ2) is 4.10.